The molecule has 0 radical (unpaired) electrons. The minimum Gasteiger partial charge on any atom is -0.481 e. The third kappa shape index (κ3) is 5.07. The van der Waals surface area contributed by atoms with Gasteiger partial charge in [0.1, 0.15) is 0 Å². The fraction of sp³-hybridized carbons (Fsp3) is 0.227. The fourth-order valence-electron chi connectivity index (χ4n) is 3.11. The fourth-order valence-corrected chi connectivity index (χ4v) is 3.11. The number of hydrogen-bond acceptors (Lipinski definition) is 3. The molecule has 0 bridgehead atoms. The maximum Gasteiger partial charge on any atom is 0.306 e. The number of carboxylic acid groups (broad SMARTS) is 1. The van der Waals surface area contributed by atoms with E-state index in [9.17, 15) is 14.7 Å². The highest BCUT2D eigenvalue weighted by molar-refractivity contribution is 5.90. The Morgan fingerprint density at radius 1 is 1.07 bits per heavy atom. The van der Waals surface area contributed by atoms with Crippen LogP contribution in [0.15, 0.2) is 67.0 Å². The topological polar surface area (TPSA) is 95.1 Å². The van der Waals surface area contributed by atoms with E-state index in [1.165, 1.54) is 6.20 Å². The van der Waals surface area contributed by atoms with Crippen molar-refractivity contribution in [2.75, 3.05) is 0 Å². The van der Waals surface area contributed by atoms with Crippen molar-refractivity contribution in [1.82, 2.24) is 15.3 Å². The molecule has 1 amide bonds. The van der Waals surface area contributed by atoms with Gasteiger partial charge in [-0.1, -0.05) is 61.5 Å². The summed E-state index contributed by atoms with van der Waals surface area (Å²) in [7, 11) is 0. The van der Waals surface area contributed by atoms with Gasteiger partial charge in [-0.15, -0.1) is 0 Å². The molecule has 6 nitrogen and oxygen atoms in total. The average Bonchev–Trinajstić information content (AvgIpc) is 3.24. The molecular weight excluding hydrogens is 354 g/mol. The molecule has 0 aliphatic heterocycles. The number of carbonyl (C=O) groups is 2. The molecule has 0 spiro atoms. The summed E-state index contributed by atoms with van der Waals surface area (Å²) in [4.78, 5) is 30.3. The average molecular weight is 377 g/mol. The van der Waals surface area contributed by atoms with Crippen LogP contribution >= 0.6 is 0 Å². The van der Waals surface area contributed by atoms with Crippen molar-refractivity contribution in [3.05, 3.63) is 78.4 Å². The standard InChI is InChI=1S/C22H23N3O3/c1-15(22(27)28)13-19(25-21(26)20-23-11-12-24-20)14-16-7-9-18(10-8-16)17-5-3-2-4-6-17/h2-12,15,19H,13-14H2,1H3,(H,23,24)(H,25,26)(H,27,28)/t15-,19+/m1/s1. The molecule has 3 N–H and O–H groups in total. The van der Waals surface area contributed by atoms with E-state index in [-0.39, 0.29) is 17.8 Å². The van der Waals surface area contributed by atoms with Gasteiger partial charge in [-0.05, 0) is 29.5 Å². The van der Waals surface area contributed by atoms with Gasteiger partial charge in [-0.3, -0.25) is 9.59 Å². The summed E-state index contributed by atoms with van der Waals surface area (Å²) >= 11 is 0. The smallest absolute Gasteiger partial charge is 0.306 e. The minimum atomic E-state index is -0.878. The molecule has 0 aliphatic rings. The van der Waals surface area contributed by atoms with Crippen molar-refractivity contribution in [3.8, 4) is 11.1 Å². The largest absolute Gasteiger partial charge is 0.481 e. The Morgan fingerprint density at radius 2 is 1.75 bits per heavy atom. The van der Waals surface area contributed by atoms with Crippen LogP contribution in [0.4, 0.5) is 0 Å². The SMILES string of the molecule is C[C@H](C[C@@H](Cc1ccc(-c2ccccc2)cc1)NC(=O)c1ncc[nH]1)C(=O)O. The van der Waals surface area contributed by atoms with Crippen molar-refractivity contribution in [2.45, 2.75) is 25.8 Å². The number of amides is 1. The zero-order valence-corrected chi connectivity index (χ0v) is 15.6. The maximum absolute atomic E-state index is 12.3. The van der Waals surface area contributed by atoms with Gasteiger partial charge in [0.25, 0.3) is 5.91 Å². The van der Waals surface area contributed by atoms with Crippen molar-refractivity contribution in [1.29, 1.82) is 0 Å². The number of benzene rings is 2. The van der Waals surface area contributed by atoms with Gasteiger partial charge in [-0.2, -0.15) is 0 Å². The first-order valence-electron chi connectivity index (χ1n) is 9.20. The zero-order chi connectivity index (χ0) is 19.9. The van der Waals surface area contributed by atoms with Gasteiger partial charge >= 0.3 is 5.97 Å². The highest BCUT2D eigenvalue weighted by atomic mass is 16.4. The number of H-pyrrole nitrogens is 1. The molecule has 0 fully saturated rings. The third-order valence-corrected chi connectivity index (χ3v) is 4.65. The molecule has 3 aromatic rings. The highest BCUT2D eigenvalue weighted by Crippen LogP contribution is 2.20. The Morgan fingerprint density at radius 3 is 2.36 bits per heavy atom. The molecule has 2 atom stereocenters. The van der Waals surface area contributed by atoms with Gasteiger partial charge in [0.05, 0.1) is 5.92 Å². The molecule has 144 valence electrons. The minimum absolute atomic E-state index is 0.215. The number of carboxylic acids is 1. The monoisotopic (exact) mass is 377 g/mol. The molecule has 1 heterocycles. The molecule has 28 heavy (non-hydrogen) atoms. The number of aromatic amines is 1. The molecule has 0 unspecified atom stereocenters. The normalized spacial score (nSPS) is 12.9. The summed E-state index contributed by atoms with van der Waals surface area (Å²) in [5.74, 6) is -1.57. The lowest BCUT2D eigenvalue weighted by Gasteiger charge is -2.20. The Kier molecular flexibility index (Phi) is 6.22. The van der Waals surface area contributed by atoms with Crippen molar-refractivity contribution >= 4 is 11.9 Å². The van der Waals surface area contributed by atoms with Crippen LogP contribution in [0.25, 0.3) is 11.1 Å². The van der Waals surface area contributed by atoms with Gasteiger partial charge < -0.3 is 15.4 Å². The number of nitrogens with zero attached hydrogens (tertiary/aromatic N) is 1. The molecule has 1 aromatic heterocycles. The molecule has 2 aromatic carbocycles. The molecule has 0 aliphatic carbocycles. The van der Waals surface area contributed by atoms with E-state index in [2.05, 4.69) is 27.4 Å². The lowest BCUT2D eigenvalue weighted by atomic mass is 9.95. The van der Waals surface area contributed by atoms with Crippen LogP contribution in [-0.4, -0.2) is 33.0 Å². The molecule has 0 saturated heterocycles. The third-order valence-electron chi connectivity index (χ3n) is 4.65. The number of aromatic nitrogens is 2. The van der Waals surface area contributed by atoms with E-state index in [0.29, 0.717) is 12.8 Å². The summed E-state index contributed by atoms with van der Waals surface area (Å²) < 4.78 is 0. The van der Waals surface area contributed by atoms with E-state index >= 15 is 0 Å². The first kappa shape index (κ1) is 19.4. The number of nitrogens with one attached hydrogen (secondary N) is 2. The number of aliphatic carboxylic acids is 1. The number of rotatable bonds is 8. The van der Waals surface area contributed by atoms with Crippen LogP contribution in [0.2, 0.25) is 0 Å². The van der Waals surface area contributed by atoms with Crippen molar-refractivity contribution < 1.29 is 14.7 Å². The Hall–Kier alpha value is -3.41. The zero-order valence-electron chi connectivity index (χ0n) is 15.6. The molecule has 0 saturated carbocycles. The van der Waals surface area contributed by atoms with E-state index in [1.54, 1.807) is 13.1 Å². The number of hydrogen-bond donors (Lipinski definition) is 3. The molecule has 3 rings (SSSR count). The second-order valence-corrected chi connectivity index (χ2v) is 6.85. The van der Waals surface area contributed by atoms with E-state index < -0.39 is 11.9 Å². The van der Waals surface area contributed by atoms with Crippen LogP contribution in [0.1, 0.15) is 29.5 Å². The highest BCUT2D eigenvalue weighted by Gasteiger charge is 2.21. The lowest BCUT2D eigenvalue weighted by Crippen LogP contribution is -2.39. The van der Waals surface area contributed by atoms with Gasteiger partial charge in [0, 0.05) is 18.4 Å². The maximum atomic E-state index is 12.3. The Bertz CT molecular complexity index is 906. The molecule has 6 heteroatoms. The summed E-state index contributed by atoms with van der Waals surface area (Å²) in [6.45, 7) is 1.65. The van der Waals surface area contributed by atoms with Crippen LogP contribution in [0.3, 0.4) is 0 Å². The number of imidazole rings is 1. The molecular formula is C22H23N3O3. The van der Waals surface area contributed by atoms with Crippen LogP contribution in [0, 0.1) is 5.92 Å². The summed E-state index contributed by atoms with van der Waals surface area (Å²) in [6.07, 6.45) is 3.96. The van der Waals surface area contributed by atoms with Crippen LogP contribution in [0.5, 0.6) is 0 Å². The lowest BCUT2D eigenvalue weighted by molar-refractivity contribution is -0.141. The Labute approximate surface area is 163 Å². The van der Waals surface area contributed by atoms with Crippen LogP contribution < -0.4 is 5.32 Å². The van der Waals surface area contributed by atoms with Gasteiger partial charge in [0.2, 0.25) is 0 Å². The second-order valence-electron chi connectivity index (χ2n) is 6.85. The van der Waals surface area contributed by atoms with E-state index in [1.807, 2.05) is 42.5 Å². The van der Waals surface area contributed by atoms with Crippen molar-refractivity contribution in [3.63, 3.8) is 0 Å². The quantitative estimate of drug-likeness (QED) is 0.560. The summed E-state index contributed by atoms with van der Waals surface area (Å²) in [5.41, 5.74) is 3.28. The van der Waals surface area contributed by atoms with E-state index in [4.69, 9.17) is 0 Å². The van der Waals surface area contributed by atoms with E-state index in [0.717, 1.165) is 16.7 Å². The predicted octanol–water partition coefficient (Wildman–Crippen LogP) is 3.53. The Balaban J connectivity index is 1.72. The predicted molar refractivity (Wildman–Crippen MR) is 107 cm³/mol. The first-order valence-corrected chi connectivity index (χ1v) is 9.20. The van der Waals surface area contributed by atoms with Crippen molar-refractivity contribution in [2.24, 2.45) is 5.92 Å². The van der Waals surface area contributed by atoms with Gasteiger partial charge in [-0.25, -0.2) is 4.98 Å². The summed E-state index contributed by atoms with van der Waals surface area (Å²) in [6, 6.07) is 17.9. The van der Waals surface area contributed by atoms with Crippen LogP contribution in [-0.2, 0) is 11.2 Å². The first-order chi connectivity index (χ1) is 13.5. The van der Waals surface area contributed by atoms with Gasteiger partial charge in [0.15, 0.2) is 5.82 Å². The summed E-state index contributed by atoms with van der Waals surface area (Å²) in [5, 5.41) is 12.2. The number of carbonyl (C=O) groups excluding carboxylic acids is 1. The second kappa shape index (κ2) is 8.99.